The van der Waals surface area contributed by atoms with Crippen LogP contribution in [0.5, 0.6) is 5.75 Å². The molecule has 1 N–H and O–H groups in total. The highest BCUT2D eigenvalue weighted by atomic mass is 16.5. The second kappa shape index (κ2) is 6.47. The van der Waals surface area contributed by atoms with Gasteiger partial charge in [0.2, 0.25) is 23.7 Å². The molecule has 1 heterocycles. The van der Waals surface area contributed by atoms with Crippen LogP contribution >= 0.6 is 0 Å². The minimum atomic E-state index is -0.752. The van der Waals surface area contributed by atoms with Crippen molar-refractivity contribution in [1.82, 2.24) is 15.2 Å². The number of carbonyl (C=O) groups is 3. The molecule has 1 aliphatic heterocycles. The van der Waals surface area contributed by atoms with Gasteiger partial charge in [-0.25, -0.2) is 5.01 Å². The third kappa shape index (κ3) is 3.31. The van der Waals surface area contributed by atoms with Crippen LogP contribution in [-0.4, -0.2) is 40.7 Å². The Balaban J connectivity index is 2.46. The van der Waals surface area contributed by atoms with Crippen LogP contribution in [0.4, 0.5) is 0 Å². The molecule has 1 atom stereocenters. The van der Waals surface area contributed by atoms with Gasteiger partial charge in [0.05, 0.1) is 7.11 Å². The number of hydrazone groups is 1. The van der Waals surface area contributed by atoms with Crippen molar-refractivity contribution in [1.29, 1.82) is 0 Å². The van der Waals surface area contributed by atoms with Crippen molar-refractivity contribution in [2.24, 2.45) is 5.10 Å². The van der Waals surface area contributed by atoms with E-state index in [-0.39, 0.29) is 23.7 Å². The van der Waals surface area contributed by atoms with Crippen LogP contribution in [0.3, 0.4) is 0 Å². The van der Waals surface area contributed by atoms with E-state index < -0.39 is 6.17 Å². The first-order chi connectivity index (χ1) is 10.8. The number of ether oxygens (including phenoxy) is 1. The molecule has 2 rings (SSSR count). The molecule has 0 saturated carbocycles. The SMILES string of the molecule is COc1ccc([C@H]2N(C(C)=O)N=C(NC(C)=O)N2C(C)=O)cc1. The lowest BCUT2D eigenvalue weighted by atomic mass is 10.1. The highest BCUT2D eigenvalue weighted by Crippen LogP contribution is 2.31. The number of rotatable bonds is 2. The van der Waals surface area contributed by atoms with Gasteiger partial charge in [-0.2, -0.15) is 0 Å². The molecular formula is C15H18N4O4. The number of hydrogen-bond donors (Lipinski definition) is 1. The molecule has 122 valence electrons. The van der Waals surface area contributed by atoms with Gasteiger partial charge in [0.15, 0.2) is 6.17 Å². The van der Waals surface area contributed by atoms with Gasteiger partial charge in [0, 0.05) is 20.8 Å². The highest BCUT2D eigenvalue weighted by molar-refractivity contribution is 6.05. The van der Waals surface area contributed by atoms with Gasteiger partial charge in [0.1, 0.15) is 5.75 Å². The zero-order valence-corrected chi connectivity index (χ0v) is 13.4. The molecule has 8 nitrogen and oxygen atoms in total. The predicted octanol–water partition coefficient (Wildman–Crippen LogP) is 0.811. The molecule has 0 fully saturated rings. The maximum atomic E-state index is 12.0. The fourth-order valence-corrected chi connectivity index (χ4v) is 2.30. The van der Waals surface area contributed by atoms with Crippen LogP contribution in [0.25, 0.3) is 0 Å². The second-order valence-electron chi connectivity index (χ2n) is 5.00. The van der Waals surface area contributed by atoms with E-state index in [4.69, 9.17) is 4.74 Å². The lowest BCUT2D eigenvalue weighted by Gasteiger charge is -2.28. The number of amides is 3. The van der Waals surface area contributed by atoms with Crippen molar-refractivity contribution in [3.05, 3.63) is 29.8 Å². The molecule has 0 saturated heterocycles. The van der Waals surface area contributed by atoms with Gasteiger partial charge in [-0.3, -0.25) is 24.6 Å². The summed E-state index contributed by atoms with van der Waals surface area (Å²) in [5, 5.41) is 7.71. The standard InChI is InChI=1S/C15H18N4O4/c1-9(20)16-15-17-19(11(3)22)14(18(15)10(2)21)12-5-7-13(23-4)8-6-12/h5-8,14H,1-4H3,(H,16,17,20)/t14-/m1/s1. The smallest absolute Gasteiger partial charge is 0.241 e. The predicted molar refractivity (Wildman–Crippen MR) is 82.0 cm³/mol. The van der Waals surface area contributed by atoms with Crippen molar-refractivity contribution < 1.29 is 19.1 Å². The average Bonchev–Trinajstić information content (AvgIpc) is 2.86. The average molecular weight is 318 g/mol. The van der Waals surface area contributed by atoms with E-state index in [0.29, 0.717) is 11.3 Å². The van der Waals surface area contributed by atoms with E-state index in [2.05, 4.69) is 10.4 Å². The number of guanidine groups is 1. The molecule has 0 unspecified atom stereocenters. The summed E-state index contributed by atoms with van der Waals surface area (Å²) in [6.45, 7) is 3.99. The van der Waals surface area contributed by atoms with Crippen molar-refractivity contribution in [2.75, 3.05) is 7.11 Å². The summed E-state index contributed by atoms with van der Waals surface area (Å²) in [4.78, 5) is 36.5. The minimum absolute atomic E-state index is 0.0287. The maximum Gasteiger partial charge on any atom is 0.241 e. The van der Waals surface area contributed by atoms with Crippen LogP contribution in [0, 0.1) is 0 Å². The Kier molecular flexibility index (Phi) is 4.63. The van der Waals surface area contributed by atoms with Crippen LogP contribution < -0.4 is 10.1 Å². The van der Waals surface area contributed by atoms with Crippen LogP contribution in [0.2, 0.25) is 0 Å². The molecule has 1 aliphatic rings. The van der Waals surface area contributed by atoms with Crippen LogP contribution in [0.15, 0.2) is 29.4 Å². The number of nitrogens with one attached hydrogen (secondary N) is 1. The summed E-state index contributed by atoms with van der Waals surface area (Å²) in [6.07, 6.45) is -0.752. The van der Waals surface area contributed by atoms with Gasteiger partial charge >= 0.3 is 0 Å². The molecular weight excluding hydrogens is 300 g/mol. The number of hydrogen-bond acceptors (Lipinski definition) is 5. The third-order valence-corrected chi connectivity index (χ3v) is 3.27. The summed E-state index contributed by atoms with van der Waals surface area (Å²) in [5.41, 5.74) is 0.667. The second-order valence-corrected chi connectivity index (χ2v) is 5.00. The van der Waals surface area contributed by atoms with Crippen molar-refractivity contribution in [3.8, 4) is 5.75 Å². The van der Waals surface area contributed by atoms with E-state index in [1.54, 1.807) is 31.4 Å². The Hall–Kier alpha value is -2.90. The molecule has 0 spiro atoms. The fraction of sp³-hybridized carbons (Fsp3) is 0.333. The monoisotopic (exact) mass is 318 g/mol. The summed E-state index contributed by atoms with van der Waals surface area (Å²) < 4.78 is 5.11. The van der Waals surface area contributed by atoms with Gasteiger partial charge in [-0.05, 0) is 17.7 Å². The molecule has 1 aromatic carbocycles. The van der Waals surface area contributed by atoms with Gasteiger partial charge in [-0.15, -0.1) is 5.10 Å². The Morgan fingerprint density at radius 3 is 2.13 bits per heavy atom. The van der Waals surface area contributed by atoms with Gasteiger partial charge in [0.25, 0.3) is 0 Å². The van der Waals surface area contributed by atoms with E-state index in [1.165, 1.54) is 25.7 Å². The third-order valence-electron chi connectivity index (χ3n) is 3.27. The number of carbonyl (C=O) groups excluding carboxylic acids is 3. The number of nitrogens with zero attached hydrogens (tertiary/aromatic N) is 3. The summed E-state index contributed by atoms with van der Waals surface area (Å²) >= 11 is 0. The van der Waals surface area contributed by atoms with Crippen LogP contribution in [0.1, 0.15) is 32.5 Å². The van der Waals surface area contributed by atoms with Crippen LogP contribution in [-0.2, 0) is 14.4 Å². The molecule has 3 amide bonds. The normalized spacial score (nSPS) is 16.9. The van der Waals surface area contributed by atoms with Crippen molar-refractivity contribution >= 4 is 23.7 Å². The van der Waals surface area contributed by atoms with E-state index >= 15 is 0 Å². The first-order valence-corrected chi connectivity index (χ1v) is 6.95. The topological polar surface area (TPSA) is 91.3 Å². The summed E-state index contributed by atoms with van der Waals surface area (Å²) in [7, 11) is 1.55. The van der Waals surface area contributed by atoms with Crippen molar-refractivity contribution in [2.45, 2.75) is 26.9 Å². The zero-order chi connectivity index (χ0) is 17.1. The minimum Gasteiger partial charge on any atom is -0.497 e. The van der Waals surface area contributed by atoms with E-state index in [0.717, 1.165) is 5.01 Å². The first-order valence-electron chi connectivity index (χ1n) is 6.95. The molecule has 8 heteroatoms. The molecule has 1 aromatic rings. The van der Waals surface area contributed by atoms with E-state index in [1.807, 2.05) is 0 Å². The largest absolute Gasteiger partial charge is 0.497 e. The summed E-state index contributed by atoms with van der Waals surface area (Å²) in [6, 6.07) is 6.92. The zero-order valence-electron chi connectivity index (χ0n) is 13.4. The van der Waals surface area contributed by atoms with Gasteiger partial charge in [-0.1, -0.05) is 12.1 Å². The Morgan fingerprint density at radius 2 is 1.70 bits per heavy atom. The lowest BCUT2D eigenvalue weighted by molar-refractivity contribution is -0.136. The van der Waals surface area contributed by atoms with Crippen molar-refractivity contribution in [3.63, 3.8) is 0 Å². The molecule has 0 radical (unpaired) electrons. The number of benzene rings is 1. The number of methoxy groups -OCH3 is 1. The maximum absolute atomic E-state index is 12.0. The van der Waals surface area contributed by atoms with Gasteiger partial charge < -0.3 is 4.74 Å². The highest BCUT2D eigenvalue weighted by Gasteiger charge is 2.40. The van der Waals surface area contributed by atoms with E-state index in [9.17, 15) is 14.4 Å². The molecule has 0 aliphatic carbocycles. The fourth-order valence-electron chi connectivity index (χ4n) is 2.30. The molecule has 0 bridgehead atoms. The molecule has 0 aromatic heterocycles. The summed E-state index contributed by atoms with van der Waals surface area (Å²) in [5.74, 6) is -0.395. The molecule has 23 heavy (non-hydrogen) atoms. The first kappa shape index (κ1) is 16.5. The Labute approximate surface area is 133 Å². The lowest BCUT2D eigenvalue weighted by Crippen LogP contribution is -2.45. The quantitative estimate of drug-likeness (QED) is 0.873. The Bertz CT molecular complexity index is 669. The Morgan fingerprint density at radius 1 is 1.09 bits per heavy atom.